The highest BCUT2D eigenvalue weighted by Gasteiger charge is 2.44. The van der Waals surface area contributed by atoms with E-state index in [-0.39, 0.29) is 11.4 Å². The molecular formula is C33H35N2O2+. The number of carbonyl (C=O) groups excluding carboxylic acids is 1. The Balaban J connectivity index is 1.39. The summed E-state index contributed by atoms with van der Waals surface area (Å²) in [4.78, 5) is 14.5. The third kappa shape index (κ3) is 4.19. The van der Waals surface area contributed by atoms with Crippen molar-refractivity contribution >= 4 is 29.1 Å². The first-order chi connectivity index (χ1) is 18.0. The summed E-state index contributed by atoms with van der Waals surface area (Å²) in [6.45, 7) is 7.79. The van der Waals surface area contributed by atoms with Gasteiger partial charge >= 0.3 is 5.97 Å². The van der Waals surface area contributed by atoms with Gasteiger partial charge in [0.2, 0.25) is 5.69 Å². The van der Waals surface area contributed by atoms with Crippen LogP contribution in [0.5, 0.6) is 0 Å². The van der Waals surface area contributed by atoms with E-state index in [1.54, 1.807) is 0 Å². The minimum absolute atomic E-state index is 0.113. The van der Waals surface area contributed by atoms with E-state index < -0.39 is 0 Å². The maximum atomic E-state index is 11.9. The molecule has 0 amide bonds. The molecule has 0 bridgehead atoms. The van der Waals surface area contributed by atoms with Crippen LogP contribution in [0.4, 0.5) is 11.4 Å². The van der Waals surface area contributed by atoms with Gasteiger partial charge in [0.15, 0.2) is 12.3 Å². The molecule has 188 valence electrons. The molecule has 4 heteroatoms. The maximum absolute atomic E-state index is 11.9. The van der Waals surface area contributed by atoms with Crippen LogP contribution in [0, 0.1) is 0 Å². The number of benzene rings is 3. The average molecular weight is 492 g/mol. The van der Waals surface area contributed by atoms with Crippen molar-refractivity contribution in [2.75, 3.05) is 25.1 Å². The monoisotopic (exact) mass is 491 g/mol. The minimum atomic E-state index is -0.304. The molecule has 0 spiro atoms. The second-order valence-corrected chi connectivity index (χ2v) is 11.0. The number of esters is 1. The first-order valence-electron chi connectivity index (χ1n) is 13.5. The SMILES string of the molecule is COC(=O)c1ccc(C[N+]2=C(/C=C/c3cc4c5c(c3)CCCN5CCC4)C(C)(C)c3ccccc32)cc1. The van der Waals surface area contributed by atoms with Crippen LogP contribution in [0.25, 0.3) is 6.08 Å². The zero-order valence-electron chi connectivity index (χ0n) is 22.1. The number of carbonyl (C=O) groups is 1. The fraction of sp³-hybridized carbons (Fsp3) is 0.333. The van der Waals surface area contributed by atoms with Crippen molar-refractivity contribution in [3.63, 3.8) is 0 Å². The van der Waals surface area contributed by atoms with Gasteiger partial charge in [-0.25, -0.2) is 4.79 Å². The summed E-state index contributed by atoms with van der Waals surface area (Å²) < 4.78 is 7.30. The van der Waals surface area contributed by atoms with Crippen molar-refractivity contribution in [1.82, 2.24) is 0 Å². The molecule has 0 atom stereocenters. The van der Waals surface area contributed by atoms with Gasteiger partial charge in [0.25, 0.3) is 0 Å². The molecule has 0 aromatic heterocycles. The van der Waals surface area contributed by atoms with Crippen molar-refractivity contribution < 1.29 is 14.1 Å². The highest BCUT2D eigenvalue weighted by atomic mass is 16.5. The number of anilines is 1. The van der Waals surface area contributed by atoms with Crippen LogP contribution in [-0.4, -0.2) is 36.5 Å². The van der Waals surface area contributed by atoms with Gasteiger partial charge in [-0.05, 0) is 86.6 Å². The van der Waals surface area contributed by atoms with Crippen LogP contribution in [0.3, 0.4) is 0 Å². The third-order valence-corrected chi connectivity index (χ3v) is 8.30. The number of hydrogen-bond donors (Lipinski definition) is 0. The lowest BCUT2D eigenvalue weighted by atomic mass is 9.81. The topological polar surface area (TPSA) is 32.6 Å². The molecule has 3 aromatic rings. The quantitative estimate of drug-likeness (QED) is 0.303. The molecule has 3 aliphatic rings. The normalized spacial score (nSPS) is 17.6. The van der Waals surface area contributed by atoms with E-state index in [4.69, 9.17) is 4.74 Å². The van der Waals surface area contributed by atoms with Crippen LogP contribution < -0.4 is 4.90 Å². The maximum Gasteiger partial charge on any atom is 0.337 e. The number of aryl methyl sites for hydroxylation is 2. The summed E-state index contributed by atoms with van der Waals surface area (Å²) in [5.41, 5.74) is 11.4. The molecule has 0 unspecified atom stereocenters. The van der Waals surface area contributed by atoms with Crippen molar-refractivity contribution in [3.05, 3.63) is 100 Å². The van der Waals surface area contributed by atoms with Gasteiger partial charge in [-0.3, -0.25) is 0 Å². The molecule has 0 aliphatic carbocycles. The van der Waals surface area contributed by atoms with Crippen LogP contribution in [-0.2, 0) is 29.5 Å². The van der Waals surface area contributed by atoms with E-state index in [0.29, 0.717) is 5.56 Å². The van der Waals surface area contributed by atoms with Gasteiger partial charge in [-0.2, -0.15) is 4.58 Å². The van der Waals surface area contributed by atoms with E-state index in [1.165, 1.54) is 85.2 Å². The summed E-state index contributed by atoms with van der Waals surface area (Å²) >= 11 is 0. The summed E-state index contributed by atoms with van der Waals surface area (Å²) in [6, 6.07) is 21.3. The van der Waals surface area contributed by atoms with Gasteiger partial charge in [0.05, 0.1) is 18.1 Å². The van der Waals surface area contributed by atoms with Crippen LogP contribution in [0.15, 0.2) is 66.7 Å². The van der Waals surface area contributed by atoms with Gasteiger partial charge in [0, 0.05) is 42.0 Å². The Morgan fingerprint density at radius 2 is 1.65 bits per heavy atom. The lowest BCUT2D eigenvalue weighted by molar-refractivity contribution is -0.455. The molecule has 0 saturated carbocycles. The minimum Gasteiger partial charge on any atom is -0.465 e. The third-order valence-electron chi connectivity index (χ3n) is 8.30. The van der Waals surface area contributed by atoms with E-state index in [0.717, 1.165) is 12.1 Å². The average Bonchev–Trinajstić information content (AvgIpc) is 3.13. The molecular weight excluding hydrogens is 456 g/mol. The number of para-hydroxylation sites is 1. The summed E-state index contributed by atoms with van der Waals surface area (Å²) in [7, 11) is 1.42. The van der Waals surface area contributed by atoms with Gasteiger partial charge in [-0.1, -0.05) is 30.3 Å². The van der Waals surface area contributed by atoms with Crippen LogP contribution in [0.1, 0.15) is 64.9 Å². The van der Waals surface area contributed by atoms with E-state index in [9.17, 15) is 4.79 Å². The number of methoxy groups -OCH3 is 1. The van der Waals surface area contributed by atoms with E-state index in [2.05, 4.69) is 71.9 Å². The zero-order chi connectivity index (χ0) is 25.6. The summed E-state index contributed by atoms with van der Waals surface area (Å²) in [5.74, 6) is -0.304. The second-order valence-electron chi connectivity index (χ2n) is 11.0. The Labute approximate surface area is 219 Å². The highest BCUT2D eigenvalue weighted by molar-refractivity contribution is 6.05. The fourth-order valence-electron chi connectivity index (χ4n) is 6.46. The Hall–Kier alpha value is -3.66. The zero-order valence-corrected chi connectivity index (χ0v) is 22.1. The standard InChI is InChI=1S/C33H35N2O2/c1-33(2)28-10-4-5-11-29(28)35(22-23-12-15-25(16-13-23)32(36)37-3)30(33)17-14-24-20-26-8-6-18-34-19-7-9-27(21-24)31(26)34/h4-5,10-17,20-21H,6-9,18-19,22H2,1-3H3/q+1. The molecule has 4 nitrogen and oxygen atoms in total. The first kappa shape index (κ1) is 23.7. The Bertz CT molecular complexity index is 1400. The Morgan fingerprint density at radius 1 is 0.973 bits per heavy atom. The fourth-order valence-corrected chi connectivity index (χ4v) is 6.46. The van der Waals surface area contributed by atoms with E-state index >= 15 is 0 Å². The van der Waals surface area contributed by atoms with Crippen molar-refractivity contribution in [1.29, 1.82) is 0 Å². The lowest BCUT2D eigenvalue weighted by Crippen LogP contribution is -2.34. The number of ether oxygens (including phenoxy) is 1. The second kappa shape index (κ2) is 9.33. The Kier molecular flexibility index (Phi) is 5.98. The Morgan fingerprint density at radius 3 is 2.32 bits per heavy atom. The smallest absolute Gasteiger partial charge is 0.337 e. The van der Waals surface area contributed by atoms with Crippen molar-refractivity contribution in [3.8, 4) is 0 Å². The molecule has 0 fully saturated rings. The largest absolute Gasteiger partial charge is 0.465 e. The first-order valence-corrected chi connectivity index (χ1v) is 13.5. The predicted octanol–water partition coefficient (Wildman–Crippen LogP) is 6.46. The van der Waals surface area contributed by atoms with Gasteiger partial charge in [0.1, 0.15) is 0 Å². The predicted molar refractivity (Wildman–Crippen MR) is 150 cm³/mol. The van der Waals surface area contributed by atoms with Crippen molar-refractivity contribution in [2.24, 2.45) is 0 Å². The van der Waals surface area contributed by atoms with Crippen molar-refractivity contribution in [2.45, 2.75) is 51.5 Å². The molecule has 0 saturated heterocycles. The van der Waals surface area contributed by atoms with Gasteiger partial charge < -0.3 is 9.64 Å². The van der Waals surface area contributed by atoms with Crippen LogP contribution in [0.2, 0.25) is 0 Å². The van der Waals surface area contributed by atoms with Gasteiger partial charge in [-0.15, -0.1) is 0 Å². The number of rotatable bonds is 5. The lowest BCUT2D eigenvalue weighted by Gasteiger charge is -2.37. The summed E-state index contributed by atoms with van der Waals surface area (Å²) in [6.07, 6.45) is 9.52. The molecule has 3 heterocycles. The number of nitrogens with zero attached hydrogens (tertiary/aromatic N) is 2. The highest BCUT2D eigenvalue weighted by Crippen LogP contribution is 2.41. The number of fused-ring (bicyclic) bond motifs is 1. The molecule has 37 heavy (non-hydrogen) atoms. The number of hydrogen-bond acceptors (Lipinski definition) is 3. The summed E-state index contributed by atoms with van der Waals surface area (Å²) in [5, 5.41) is 0. The molecule has 3 aromatic carbocycles. The van der Waals surface area contributed by atoms with E-state index in [1.807, 2.05) is 24.3 Å². The molecule has 0 N–H and O–H groups in total. The molecule has 6 rings (SSSR count). The molecule has 0 radical (unpaired) electrons. The van der Waals surface area contributed by atoms with Crippen LogP contribution >= 0.6 is 0 Å². The number of allylic oxidation sites excluding steroid dienone is 1. The molecule has 3 aliphatic heterocycles.